The molecular weight excluding hydrogens is 206 g/mol. The zero-order valence-electron chi connectivity index (χ0n) is 10.4. The molecule has 3 aliphatic carbocycles. The lowest BCUT2D eigenvalue weighted by Crippen LogP contribution is -2.25. The van der Waals surface area contributed by atoms with Gasteiger partial charge in [0, 0.05) is 11.7 Å². The van der Waals surface area contributed by atoms with Crippen molar-refractivity contribution in [3.63, 3.8) is 0 Å². The first kappa shape index (κ1) is 9.99. The van der Waals surface area contributed by atoms with Gasteiger partial charge in [0.2, 0.25) is 0 Å². The van der Waals surface area contributed by atoms with Crippen LogP contribution < -0.4 is 5.32 Å². The predicted molar refractivity (Wildman–Crippen MR) is 71.3 cm³/mol. The minimum absolute atomic E-state index is 0.771. The second-order valence-corrected chi connectivity index (χ2v) is 6.26. The SMILES string of the molecule is c1cc2c(cc1NC1CC3CCC1C3)CCC2. The molecular formula is C16H21N. The third-order valence-corrected chi connectivity index (χ3v) is 5.19. The second-order valence-electron chi connectivity index (χ2n) is 6.26. The second kappa shape index (κ2) is 3.76. The van der Waals surface area contributed by atoms with Crippen LogP contribution in [0.4, 0.5) is 5.69 Å². The van der Waals surface area contributed by atoms with Gasteiger partial charge >= 0.3 is 0 Å². The van der Waals surface area contributed by atoms with Gasteiger partial charge < -0.3 is 5.32 Å². The summed E-state index contributed by atoms with van der Waals surface area (Å²) in [6, 6.07) is 7.83. The van der Waals surface area contributed by atoms with Crippen molar-refractivity contribution in [1.29, 1.82) is 0 Å². The van der Waals surface area contributed by atoms with E-state index in [1.807, 2.05) is 0 Å². The fourth-order valence-electron chi connectivity index (χ4n) is 4.30. The van der Waals surface area contributed by atoms with Crippen LogP contribution in [0.5, 0.6) is 0 Å². The largest absolute Gasteiger partial charge is 0.382 e. The van der Waals surface area contributed by atoms with Gasteiger partial charge in [-0.25, -0.2) is 0 Å². The number of rotatable bonds is 2. The maximum absolute atomic E-state index is 3.80. The van der Waals surface area contributed by atoms with Crippen molar-refractivity contribution >= 4 is 5.69 Å². The van der Waals surface area contributed by atoms with Crippen molar-refractivity contribution in [2.24, 2.45) is 11.8 Å². The van der Waals surface area contributed by atoms with E-state index < -0.39 is 0 Å². The Labute approximate surface area is 104 Å². The van der Waals surface area contributed by atoms with E-state index >= 15 is 0 Å². The number of benzene rings is 1. The van der Waals surface area contributed by atoms with E-state index in [1.54, 1.807) is 11.1 Å². The minimum atomic E-state index is 0.771. The van der Waals surface area contributed by atoms with Crippen LogP contribution >= 0.6 is 0 Å². The molecule has 2 saturated carbocycles. The fraction of sp³-hybridized carbons (Fsp3) is 0.625. The van der Waals surface area contributed by atoms with E-state index in [0.29, 0.717) is 0 Å². The fourth-order valence-corrected chi connectivity index (χ4v) is 4.30. The summed E-state index contributed by atoms with van der Waals surface area (Å²) in [7, 11) is 0. The lowest BCUT2D eigenvalue weighted by Gasteiger charge is -2.24. The lowest BCUT2D eigenvalue weighted by molar-refractivity contribution is 0.440. The Bertz CT molecular complexity index is 437. The molecule has 1 aromatic rings. The maximum atomic E-state index is 3.80. The van der Waals surface area contributed by atoms with E-state index in [2.05, 4.69) is 23.5 Å². The van der Waals surface area contributed by atoms with Gasteiger partial charge in [0.05, 0.1) is 0 Å². The Morgan fingerprint density at radius 3 is 2.76 bits per heavy atom. The molecule has 0 amide bonds. The number of hydrogen-bond donors (Lipinski definition) is 1. The van der Waals surface area contributed by atoms with Crippen LogP contribution in [0.1, 0.15) is 43.2 Å². The first-order valence-corrected chi connectivity index (χ1v) is 7.27. The van der Waals surface area contributed by atoms with Crippen LogP contribution in [0.25, 0.3) is 0 Å². The normalized spacial score (nSPS) is 34.0. The molecule has 1 heteroatoms. The Morgan fingerprint density at radius 1 is 1.00 bits per heavy atom. The van der Waals surface area contributed by atoms with Crippen LogP contribution in [0, 0.1) is 11.8 Å². The highest BCUT2D eigenvalue weighted by Gasteiger charge is 2.39. The molecule has 0 aliphatic heterocycles. The molecule has 17 heavy (non-hydrogen) atoms. The topological polar surface area (TPSA) is 12.0 Å². The zero-order valence-corrected chi connectivity index (χ0v) is 10.4. The Hall–Kier alpha value is -0.980. The molecule has 2 fully saturated rings. The average molecular weight is 227 g/mol. The number of anilines is 1. The van der Waals surface area contributed by atoms with Gasteiger partial charge in [-0.3, -0.25) is 0 Å². The van der Waals surface area contributed by atoms with Gasteiger partial charge in [0.25, 0.3) is 0 Å². The first-order chi connectivity index (χ1) is 8.38. The molecule has 3 unspecified atom stereocenters. The van der Waals surface area contributed by atoms with Gasteiger partial charge in [0.1, 0.15) is 0 Å². The van der Waals surface area contributed by atoms with Crippen molar-refractivity contribution in [2.75, 3.05) is 5.32 Å². The number of nitrogens with one attached hydrogen (secondary N) is 1. The van der Waals surface area contributed by atoms with E-state index in [-0.39, 0.29) is 0 Å². The molecule has 2 bridgehead atoms. The summed E-state index contributed by atoms with van der Waals surface area (Å²) in [6.45, 7) is 0. The van der Waals surface area contributed by atoms with Crippen molar-refractivity contribution < 1.29 is 0 Å². The maximum Gasteiger partial charge on any atom is 0.0345 e. The molecule has 1 N–H and O–H groups in total. The van der Waals surface area contributed by atoms with Crippen molar-refractivity contribution in [3.8, 4) is 0 Å². The quantitative estimate of drug-likeness (QED) is 0.811. The molecule has 0 radical (unpaired) electrons. The van der Waals surface area contributed by atoms with Crippen LogP contribution in [0.2, 0.25) is 0 Å². The highest BCUT2D eigenvalue weighted by molar-refractivity contribution is 5.51. The van der Waals surface area contributed by atoms with E-state index in [9.17, 15) is 0 Å². The van der Waals surface area contributed by atoms with Crippen molar-refractivity contribution in [3.05, 3.63) is 29.3 Å². The van der Waals surface area contributed by atoms with E-state index in [4.69, 9.17) is 0 Å². The minimum Gasteiger partial charge on any atom is -0.382 e. The van der Waals surface area contributed by atoms with E-state index in [1.165, 1.54) is 50.6 Å². The summed E-state index contributed by atoms with van der Waals surface area (Å²) in [4.78, 5) is 0. The molecule has 90 valence electrons. The molecule has 3 aliphatic rings. The zero-order chi connectivity index (χ0) is 11.2. The lowest BCUT2D eigenvalue weighted by atomic mass is 9.95. The standard InChI is InChI=1S/C16H21N/c1-2-12-6-7-15(10-13(12)3-1)17-16-9-11-4-5-14(16)8-11/h6-7,10-11,14,16-17H,1-5,8-9H2. The smallest absolute Gasteiger partial charge is 0.0345 e. The van der Waals surface area contributed by atoms with Crippen molar-refractivity contribution in [1.82, 2.24) is 0 Å². The Morgan fingerprint density at radius 2 is 1.94 bits per heavy atom. The molecule has 0 heterocycles. The monoisotopic (exact) mass is 227 g/mol. The van der Waals surface area contributed by atoms with Gasteiger partial charge in [-0.1, -0.05) is 12.5 Å². The van der Waals surface area contributed by atoms with Crippen LogP contribution in [-0.4, -0.2) is 6.04 Å². The third-order valence-electron chi connectivity index (χ3n) is 5.19. The molecule has 1 aromatic carbocycles. The van der Waals surface area contributed by atoms with Crippen molar-refractivity contribution in [2.45, 2.75) is 51.0 Å². The van der Waals surface area contributed by atoms with Crippen LogP contribution in [0.15, 0.2) is 18.2 Å². The highest BCUT2D eigenvalue weighted by atomic mass is 14.9. The summed E-state index contributed by atoms with van der Waals surface area (Å²) >= 11 is 0. The predicted octanol–water partition coefficient (Wildman–Crippen LogP) is 3.78. The van der Waals surface area contributed by atoms with Gasteiger partial charge in [-0.05, 0) is 73.6 Å². The number of hydrogen-bond acceptors (Lipinski definition) is 1. The molecule has 0 aromatic heterocycles. The summed E-state index contributed by atoms with van der Waals surface area (Å²) < 4.78 is 0. The van der Waals surface area contributed by atoms with Gasteiger partial charge in [0.15, 0.2) is 0 Å². The van der Waals surface area contributed by atoms with Gasteiger partial charge in [-0.15, -0.1) is 0 Å². The van der Waals surface area contributed by atoms with Crippen LogP contribution in [-0.2, 0) is 12.8 Å². The molecule has 1 nitrogen and oxygen atoms in total. The Kier molecular flexibility index (Phi) is 2.21. The number of aryl methyl sites for hydroxylation is 2. The first-order valence-electron chi connectivity index (χ1n) is 7.27. The third kappa shape index (κ3) is 1.67. The summed E-state index contributed by atoms with van der Waals surface area (Å²) in [5.41, 5.74) is 4.56. The number of fused-ring (bicyclic) bond motifs is 3. The molecule has 0 spiro atoms. The summed E-state index contributed by atoms with van der Waals surface area (Å²) in [6.07, 6.45) is 9.81. The average Bonchev–Trinajstić information content (AvgIpc) is 3.03. The molecule has 3 atom stereocenters. The summed E-state index contributed by atoms with van der Waals surface area (Å²) in [5.74, 6) is 2.00. The van der Waals surface area contributed by atoms with E-state index in [0.717, 1.165) is 17.9 Å². The van der Waals surface area contributed by atoms with Gasteiger partial charge in [-0.2, -0.15) is 0 Å². The molecule has 4 rings (SSSR count). The highest BCUT2D eigenvalue weighted by Crippen LogP contribution is 2.45. The summed E-state index contributed by atoms with van der Waals surface area (Å²) in [5, 5.41) is 3.80. The Balaban J connectivity index is 1.52. The molecule has 0 saturated heterocycles. The van der Waals surface area contributed by atoms with Crippen LogP contribution in [0.3, 0.4) is 0 Å².